The van der Waals surface area contributed by atoms with Gasteiger partial charge in [-0.15, -0.1) is 35.1 Å². The van der Waals surface area contributed by atoms with Crippen molar-refractivity contribution in [3.05, 3.63) is 65.2 Å². The van der Waals surface area contributed by atoms with Gasteiger partial charge in [-0.3, -0.25) is 14.5 Å². The molecule has 3 aromatic rings. The molecule has 3 heterocycles. The van der Waals surface area contributed by atoms with Crippen LogP contribution in [0.5, 0.6) is 0 Å². The summed E-state index contributed by atoms with van der Waals surface area (Å²) in [5.74, 6) is -2.01. The van der Waals surface area contributed by atoms with E-state index >= 15 is 0 Å². The first kappa shape index (κ1) is 28.4. The van der Waals surface area contributed by atoms with Crippen molar-refractivity contribution >= 4 is 81.8 Å². The van der Waals surface area contributed by atoms with Crippen LogP contribution in [0.3, 0.4) is 0 Å². The maximum atomic E-state index is 13.1. The van der Waals surface area contributed by atoms with Crippen LogP contribution in [0.1, 0.15) is 59.8 Å². The zero-order valence-corrected chi connectivity index (χ0v) is 23.2. The summed E-state index contributed by atoms with van der Waals surface area (Å²) < 4.78 is 0.481. The number of carboxylic acids is 1. The van der Waals surface area contributed by atoms with E-state index in [2.05, 4.69) is 34.4 Å². The van der Waals surface area contributed by atoms with Crippen molar-refractivity contribution < 1.29 is 19.5 Å². The second kappa shape index (κ2) is 11.9. The number of nitrogens with one attached hydrogen (secondary N) is 2. The van der Waals surface area contributed by atoms with Gasteiger partial charge in [0.1, 0.15) is 0 Å². The largest absolute Gasteiger partial charge is 0.478 e. The van der Waals surface area contributed by atoms with Crippen LogP contribution in [0.25, 0.3) is 0 Å². The summed E-state index contributed by atoms with van der Waals surface area (Å²) in [7, 11) is 0. The van der Waals surface area contributed by atoms with Gasteiger partial charge in [0.25, 0.3) is 11.8 Å². The predicted molar refractivity (Wildman–Crippen MR) is 145 cm³/mol. The Morgan fingerprint density at radius 3 is 2.56 bits per heavy atom. The van der Waals surface area contributed by atoms with Crippen molar-refractivity contribution in [2.45, 2.75) is 39.4 Å². The molecule has 1 aliphatic heterocycles. The van der Waals surface area contributed by atoms with Crippen LogP contribution in [-0.2, 0) is 19.5 Å². The Hall–Kier alpha value is -2.21. The lowest BCUT2D eigenvalue weighted by molar-refractivity contribution is 0.0696. The third kappa shape index (κ3) is 6.37. The lowest BCUT2D eigenvalue weighted by Gasteiger charge is -2.29. The molecule has 0 spiro atoms. The summed E-state index contributed by atoms with van der Waals surface area (Å²) >= 11 is 14.7. The minimum atomic E-state index is -1.19. The van der Waals surface area contributed by atoms with Gasteiger partial charge in [-0.05, 0) is 38.1 Å². The monoisotopic (exact) mass is 588 g/mol. The normalized spacial score (nSPS) is 13.1. The third-order valence-electron chi connectivity index (χ3n) is 5.60. The van der Waals surface area contributed by atoms with Crippen molar-refractivity contribution in [3.63, 3.8) is 0 Å². The number of thiophene rings is 1. The molecule has 0 unspecified atom stereocenters. The molecular formula is C23H23Cl3N4O4S2. The quantitative estimate of drug-likeness (QED) is 0.332. The first-order chi connectivity index (χ1) is 16.6. The Morgan fingerprint density at radius 1 is 1.17 bits per heavy atom. The van der Waals surface area contributed by atoms with Gasteiger partial charge in [0.05, 0.1) is 20.5 Å². The molecule has 0 atom stereocenters. The molecule has 0 aliphatic carbocycles. The number of thiazole rings is 1. The van der Waals surface area contributed by atoms with E-state index in [4.69, 9.17) is 23.2 Å². The van der Waals surface area contributed by atoms with E-state index in [1.807, 2.05) is 0 Å². The van der Waals surface area contributed by atoms with Crippen molar-refractivity contribution in [3.8, 4) is 0 Å². The van der Waals surface area contributed by atoms with E-state index in [-0.39, 0.29) is 41.1 Å². The van der Waals surface area contributed by atoms with E-state index < -0.39 is 11.9 Å². The molecule has 0 bridgehead atoms. The predicted octanol–water partition coefficient (Wildman–Crippen LogP) is 5.58. The lowest BCUT2D eigenvalue weighted by Crippen LogP contribution is -2.35. The first-order valence-electron chi connectivity index (χ1n) is 10.8. The zero-order valence-electron chi connectivity index (χ0n) is 19.3. The van der Waals surface area contributed by atoms with Crippen LogP contribution in [0, 0.1) is 0 Å². The van der Waals surface area contributed by atoms with Gasteiger partial charge in [-0.2, -0.15) is 0 Å². The molecule has 0 saturated heterocycles. The van der Waals surface area contributed by atoms with Crippen LogP contribution in [0.4, 0.5) is 5.69 Å². The van der Waals surface area contributed by atoms with E-state index in [0.29, 0.717) is 25.8 Å². The van der Waals surface area contributed by atoms with E-state index in [1.165, 1.54) is 23.5 Å². The third-order valence-corrected chi connectivity index (χ3v) is 8.25. The van der Waals surface area contributed by atoms with Gasteiger partial charge in [-0.1, -0.05) is 23.2 Å². The maximum absolute atomic E-state index is 13.1. The number of hydrogen-bond acceptors (Lipinski definition) is 7. The second-order valence-electron chi connectivity index (χ2n) is 8.23. The van der Waals surface area contributed by atoms with E-state index in [9.17, 15) is 19.5 Å². The fourth-order valence-corrected chi connectivity index (χ4v) is 5.95. The number of benzene rings is 1. The van der Waals surface area contributed by atoms with Crippen LogP contribution in [-0.4, -0.2) is 45.4 Å². The molecule has 2 aromatic heterocycles. The van der Waals surface area contributed by atoms with Crippen LogP contribution in [0.2, 0.25) is 9.36 Å². The van der Waals surface area contributed by atoms with E-state index in [0.717, 1.165) is 41.4 Å². The molecule has 0 fully saturated rings. The second-order valence-corrected chi connectivity index (χ2v) is 11.4. The average Bonchev–Trinajstić information content (AvgIpc) is 3.43. The molecule has 2 amide bonds. The van der Waals surface area contributed by atoms with Crippen molar-refractivity contribution in [1.82, 2.24) is 15.2 Å². The number of fused-ring (bicyclic) bond motifs is 1. The smallest absolute Gasteiger partial charge is 0.335 e. The molecule has 0 saturated carbocycles. The number of carbonyl (C=O) groups is 3. The molecule has 0 radical (unpaired) electrons. The molecule has 4 rings (SSSR count). The number of aromatic carboxylic acids is 1. The van der Waals surface area contributed by atoms with Crippen molar-refractivity contribution in [1.29, 1.82) is 0 Å². The van der Waals surface area contributed by atoms with Gasteiger partial charge in [0.15, 0.2) is 5.01 Å². The van der Waals surface area contributed by atoms with Crippen LogP contribution < -0.4 is 10.6 Å². The minimum Gasteiger partial charge on any atom is -0.478 e. The Balaban J connectivity index is 0.00000361. The minimum absolute atomic E-state index is 0. The Labute approximate surface area is 232 Å². The summed E-state index contributed by atoms with van der Waals surface area (Å²) in [6, 6.07) is 6.22. The summed E-state index contributed by atoms with van der Waals surface area (Å²) in [6.45, 7) is 5.85. The number of carbonyl (C=O) groups excluding carboxylic acids is 2. The van der Waals surface area contributed by atoms with Crippen LogP contribution >= 0.6 is 58.3 Å². The van der Waals surface area contributed by atoms with Gasteiger partial charge in [-0.25, -0.2) is 9.78 Å². The number of anilines is 1. The maximum Gasteiger partial charge on any atom is 0.335 e. The molecule has 8 nitrogen and oxygen atoms in total. The summed E-state index contributed by atoms with van der Waals surface area (Å²) in [5, 5.41) is 15.3. The summed E-state index contributed by atoms with van der Waals surface area (Å²) in [6.07, 6.45) is 0.766. The number of carboxylic acid groups (broad SMARTS) is 1. The SMILES string of the molecule is CC(C)N1CCc2nc(C(=O)Nc3cc(C(=O)O)cc(Cl)c3CNC(=O)c3ccc(Cl)s3)sc2C1.Cl. The first-order valence-corrected chi connectivity index (χ1v) is 13.1. The van der Waals surface area contributed by atoms with Gasteiger partial charge >= 0.3 is 5.97 Å². The number of rotatable bonds is 7. The number of nitrogens with zero attached hydrogens (tertiary/aromatic N) is 2. The van der Waals surface area contributed by atoms with E-state index in [1.54, 1.807) is 12.1 Å². The zero-order chi connectivity index (χ0) is 25.3. The van der Waals surface area contributed by atoms with Crippen molar-refractivity contribution in [2.24, 2.45) is 0 Å². The Morgan fingerprint density at radius 2 is 1.92 bits per heavy atom. The van der Waals surface area contributed by atoms with Crippen molar-refractivity contribution in [2.75, 3.05) is 11.9 Å². The summed E-state index contributed by atoms with van der Waals surface area (Å²) in [5.41, 5.74) is 1.41. The highest BCUT2D eigenvalue weighted by Crippen LogP contribution is 2.30. The molecule has 1 aromatic carbocycles. The standard InChI is InChI=1S/C23H22Cl2N4O4S2.ClH/c1-11(2)29-6-5-15-18(10-29)35-22(28-15)21(31)27-16-8-12(23(32)33)7-14(24)13(16)9-26-20(30)17-3-4-19(25)34-17;/h3-4,7-8,11H,5-6,9-10H2,1-2H3,(H,26,30)(H,27,31)(H,32,33);1H. The highest BCUT2D eigenvalue weighted by molar-refractivity contribution is 7.18. The number of amides is 2. The number of halogens is 3. The fraction of sp³-hybridized carbons (Fsp3) is 0.304. The average molecular weight is 590 g/mol. The lowest BCUT2D eigenvalue weighted by atomic mass is 10.1. The van der Waals surface area contributed by atoms with Gasteiger partial charge in [0.2, 0.25) is 0 Å². The Bertz CT molecular complexity index is 1310. The van der Waals surface area contributed by atoms with Gasteiger partial charge in [0, 0.05) is 53.2 Å². The summed E-state index contributed by atoms with van der Waals surface area (Å²) in [4.78, 5) is 45.4. The Kier molecular flexibility index (Phi) is 9.37. The highest BCUT2D eigenvalue weighted by Gasteiger charge is 2.25. The topological polar surface area (TPSA) is 112 Å². The molecular weight excluding hydrogens is 567 g/mol. The number of aromatic nitrogens is 1. The van der Waals surface area contributed by atoms with Gasteiger partial charge < -0.3 is 15.7 Å². The number of hydrogen-bond donors (Lipinski definition) is 3. The molecule has 192 valence electrons. The molecule has 3 N–H and O–H groups in total. The fourth-order valence-electron chi connectivity index (χ4n) is 3.67. The highest BCUT2D eigenvalue weighted by atomic mass is 35.5. The molecule has 13 heteroatoms. The molecule has 1 aliphatic rings. The van der Waals surface area contributed by atoms with Crippen LogP contribution in [0.15, 0.2) is 24.3 Å². The molecule has 36 heavy (non-hydrogen) atoms.